The summed E-state index contributed by atoms with van der Waals surface area (Å²) in [5.41, 5.74) is 0. The third-order valence-corrected chi connectivity index (χ3v) is 2.05. The van der Waals surface area contributed by atoms with Gasteiger partial charge >= 0.3 is 5.97 Å². The van der Waals surface area contributed by atoms with Crippen LogP contribution >= 0.6 is 0 Å². The van der Waals surface area contributed by atoms with Crippen molar-refractivity contribution >= 4 is 11.8 Å². The fourth-order valence-electron chi connectivity index (χ4n) is 1.08. The van der Waals surface area contributed by atoms with Crippen molar-refractivity contribution < 1.29 is 14.7 Å². The first-order valence-electron chi connectivity index (χ1n) is 4.68. The number of ketones is 1. The molecule has 0 bridgehead atoms. The lowest BCUT2D eigenvalue weighted by atomic mass is 9.96. The molecule has 1 atom stereocenters. The molecular weight excluding hydrogens is 168 g/mol. The van der Waals surface area contributed by atoms with E-state index in [1.165, 1.54) is 0 Å². The second kappa shape index (κ2) is 5.73. The van der Waals surface area contributed by atoms with Crippen LogP contribution < -0.4 is 0 Å². The molecule has 0 amide bonds. The van der Waals surface area contributed by atoms with Crippen LogP contribution in [0.4, 0.5) is 0 Å². The van der Waals surface area contributed by atoms with E-state index < -0.39 is 5.97 Å². The number of carbonyl (C=O) groups excluding carboxylic acids is 1. The highest BCUT2D eigenvalue weighted by atomic mass is 16.4. The molecule has 0 saturated heterocycles. The Balaban J connectivity index is 3.63. The molecule has 3 nitrogen and oxygen atoms in total. The van der Waals surface area contributed by atoms with Gasteiger partial charge < -0.3 is 5.11 Å². The second-order valence-electron chi connectivity index (χ2n) is 3.86. The fraction of sp³-hybridized carbons (Fsp3) is 0.800. The average molecular weight is 186 g/mol. The summed E-state index contributed by atoms with van der Waals surface area (Å²) in [7, 11) is 0. The van der Waals surface area contributed by atoms with Gasteiger partial charge in [-0.25, -0.2) is 0 Å². The van der Waals surface area contributed by atoms with Crippen LogP contribution in [0.2, 0.25) is 0 Å². The molecule has 0 aliphatic rings. The maximum absolute atomic E-state index is 11.2. The Kier molecular flexibility index (Phi) is 5.35. The minimum absolute atomic E-state index is 0.0667. The summed E-state index contributed by atoms with van der Waals surface area (Å²) < 4.78 is 0. The van der Waals surface area contributed by atoms with Crippen LogP contribution in [0, 0.1) is 11.8 Å². The topological polar surface area (TPSA) is 54.4 Å². The molecule has 0 heterocycles. The summed E-state index contributed by atoms with van der Waals surface area (Å²) in [5.74, 6) is -0.404. The van der Waals surface area contributed by atoms with Gasteiger partial charge in [-0.15, -0.1) is 0 Å². The van der Waals surface area contributed by atoms with Crippen molar-refractivity contribution in [2.75, 3.05) is 0 Å². The first-order chi connectivity index (χ1) is 5.93. The van der Waals surface area contributed by atoms with Gasteiger partial charge in [-0.2, -0.15) is 0 Å². The quantitative estimate of drug-likeness (QED) is 0.691. The van der Waals surface area contributed by atoms with E-state index in [9.17, 15) is 9.59 Å². The monoisotopic (exact) mass is 186 g/mol. The van der Waals surface area contributed by atoms with Gasteiger partial charge in [0.1, 0.15) is 5.78 Å². The van der Waals surface area contributed by atoms with Crippen molar-refractivity contribution in [2.24, 2.45) is 11.8 Å². The van der Waals surface area contributed by atoms with Gasteiger partial charge in [-0.1, -0.05) is 20.8 Å². The maximum Gasteiger partial charge on any atom is 0.303 e. The van der Waals surface area contributed by atoms with Crippen LogP contribution in [-0.4, -0.2) is 16.9 Å². The lowest BCUT2D eigenvalue weighted by molar-refractivity contribution is -0.138. The summed E-state index contributed by atoms with van der Waals surface area (Å²) in [6, 6.07) is 0. The molecule has 3 heteroatoms. The molecular formula is C10H18O3. The normalized spacial score (nSPS) is 12.9. The van der Waals surface area contributed by atoms with Crippen LogP contribution in [0.3, 0.4) is 0 Å². The SMILES string of the molecule is CC(CCC(=O)C(C)C)CC(=O)O. The number of carboxylic acids is 1. The molecule has 0 aliphatic heterocycles. The molecule has 0 aromatic rings. The van der Waals surface area contributed by atoms with E-state index in [0.29, 0.717) is 12.8 Å². The third-order valence-electron chi connectivity index (χ3n) is 2.05. The Morgan fingerprint density at radius 2 is 1.77 bits per heavy atom. The predicted octanol–water partition coefficient (Wildman–Crippen LogP) is 2.10. The molecule has 1 unspecified atom stereocenters. The van der Waals surface area contributed by atoms with E-state index in [2.05, 4.69) is 0 Å². The summed E-state index contributed by atoms with van der Waals surface area (Å²) >= 11 is 0. The van der Waals surface area contributed by atoms with Crippen LogP contribution in [0.5, 0.6) is 0 Å². The van der Waals surface area contributed by atoms with Gasteiger partial charge in [0.25, 0.3) is 0 Å². The van der Waals surface area contributed by atoms with Crippen LogP contribution in [0.15, 0.2) is 0 Å². The van der Waals surface area contributed by atoms with E-state index in [1.54, 1.807) is 0 Å². The van der Waals surface area contributed by atoms with Gasteiger partial charge in [-0.05, 0) is 12.3 Å². The number of carbonyl (C=O) groups is 2. The zero-order valence-corrected chi connectivity index (χ0v) is 8.54. The molecule has 0 rings (SSSR count). The number of aliphatic carboxylic acids is 1. The fourth-order valence-corrected chi connectivity index (χ4v) is 1.08. The van der Waals surface area contributed by atoms with Gasteiger partial charge in [0.05, 0.1) is 0 Å². The van der Waals surface area contributed by atoms with E-state index in [4.69, 9.17) is 5.11 Å². The lowest BCUT2D eigenvalue weighted by Gasteiger charge is -2.08. The molecule has 76 valence electrons. The number of rotatable bonds is 6. The van der Waals surface area contributed by atoms with Gasteiger partial charge in [0, 0.05) is 18.8 Å². The zero-order valence-electron chi connectivity index (χ0n) is 8.54. The molecule has 13 heavy (non-hydrogen) atoms. The van der Waals surface area contributed by atoms with Crippen molar-refractivity contribution in [3.8, 4) is 0 Å². The minimum atomic E-state index is -0.788. The Labute approximate surface area is 79.1 Å². The van der Waals surface area contributed by atoms with E-state index in [1.807, 2.05) is 20.8 Å². The molecule has 0 spiro atoms. The zero-order chi connectivity index (χ0) is 10.4. The molecule has 1 N–H and O–H groups in total. The first-order valence-corrected chi connectivity index (χ1v) is 4.68. The Morgan fingerprint density at radius 3 is 2.15 bits per heavy atom. The second-order valence-corrected chi connectivity index (χ2v) is 3.86. The molecule has 0 aliphatic carbocycles. The van der Waals surface area contributed by atoms with Crippen LogP contribution in [0.1, 0.15) is 40.0 Å². The van der Waals surface area contributed by atoms with E-state index in [-0.39, 0.29) is 24.0 Å². The lowest BCUT2D eigenvalue weighted by Crippen LogP contribution is -2.10. The molecule has 0 aromatic carbocycles. The summed E-state index contributed by atoms with van der Waals surface area (Å²) in [4.78, 5) is 21.5. The van der Waals surface area contributed by atoms with Crippen molar-refractivity contribution in [1.29, 1.82) is 0 Å². The van der Waals surface area contributed by atoms with Crippen molar-refractivity contribution in [2.45, 2.75) is 40.0 Å². The first kappa shape index (κ1) is 12.1. The number of carboxylic acid groups (broad SMARTS) is 1. The van der Waals surface area contributed by atoms with Crippen molar-refractivity contribution in [3.63, 3.8) is 0 Å². The predicted molar refractivity (Wildman–Crippen MR) is 50.5 cm³/mol. The summed E-state index contributed by atoms with van der Waals surface area (Å²) in [6.45, 7) is 5.59. The van der Waals surface area contributed by atoms with Gasteiger partial charge in [0.2, 0.25) is 0 Å². The maximum atomic E-state index is 11.2. The molecule has 0 saturated carbocycles. The highest BCUT2D eigenvalue weighted by Gasteiger charge is 2.12. The minimum Gasteiger partial charge on any atom is -0.481 e. The molecule has 0 fully saturated rings. The van der Waals surface area contributed by atoms with Crippen LogP contribution in [0.25, 0.3) is 0 Å². The number of hydrogen-bond donors (Lipinski definition) is 1. The Morgan fingerprint density at radius 1 is 1.23 bits per heavy atom. The van der Waals surface area contributed by atoms with Gasteiger partial charge in [0.15, 0.2) is 0 Å². The molecule has 0 aromatic heterocycles. The summed E-state index contributed by atoms with van der Waals surface area (Å²) in [6.07, 6.45) is 1.35. The van der Waals surface area contributed by atoms with Crippen LogP contribution in [-0.2, 0) is 9.59 Å². The Bertz CT molecular complexity index is 185. The van der Waals surface area contributed by atoms with Gasteiger partial charge in [-0.3, -0.25) is 9.59 Å². The highest BCUT2D eigenvalue weighted by Crippen LogP contribution is 2.12. The van der Waals surface area contributed by atoms with E-state index >= 15 is 0 Å². The highest BCUT2D eigenvalue weighted by molar-refractivity contribution is 5.80. The smallest absolute Gasteiger partial charge is 0.303 e. The summed E-state index contributed by atoms with van der Waals surface area (Å²) in [5, 5.41) is 8.47. The van der Waals surface area contributed by atoms with E-state index in [0.717, 1.165) is 0 Å². The standard InChI is InChI=1S/C10H18O3/c1-7(2)9(11)5-4-8(3)6-10(12)13/h7-8H,4-6H2,1-3H3,(H,12,13). The van der Waals surface area contributed by atoms with Crippen molar-refractivity contribution in [3.05, 3.63) is 0 Å². The molecule has 0 radical (unpaired) electrons. The number of Topliss-reactive ketones (excluding diaryl/α,β-unsaturated/α-hetero) is 1. The Hall–Kier alpha value is -0.860. The average Bonchev–Trinajstić information content (AvgIpc) is 1.98. The number of hydrogen-bond acceptors (Lipinski definition) is 2. The largest absolute Gasteiger partial charge is 0.481 e. The third kappa shape index (κ3) is 6.31. The van der Waals surface area contributed by atoms with Crippen molar-refractivity contribution in [1.82, 2.24) is 0 Å².